The second kappa shape index (κ2) is 11.8. The quantitative estimate of drug-likeness (QED) is 0.238. The number of benzene rings is 4. The molecular formula is C34H39N2P. The second-order valence-corrected chi connectivity index (χ2v) is 13.9. The van der Waals surface area contributed by atoms with Crippen molar-refractivity contribution in [2.24, 2.45) is 10.2 Å². The Kier molecular flexibility index (Phi) is 8.52. The molecule has 0 aliphatic carbocycles. The maximum Gasteiger partial charge on any atom is 0.0592 e. The van der Waals surface area contributed by atoms with Crippen molar-refractivity contribution in [2.75, 3.05) is 6.54 Å². The Morgan fingerprint density at radius 1 is 0.730 bits per heavy atom. The number of allylic oxidation sites excluding steroid dienone is 1. The largest absolute Gasteiger partial charge is 0.383 e. The molecule has 37 heavy (non-hydrogen) atoms. The first kappa shape index (κ1) is 26.7. The Balaban J connectivity index is 1.77. The highest BCUT2D eigenvalue weighted by Crippen LogP contribution is 2.46. The summed E-state index contributed by atoms with van der Waals surface area (Å²) < 4.78 is 5.71. The van der Waals surface area contributed by atoms with E-state index in [1.807, 2.05) is 0 Å². The van der Waals surface area contributed by atoms with E-state index in [-0.39, 0.29) is 11.5 Å². The molecule has 0 aliphatic heterocycles. The van der Waals surface area contributed by atoms with E-state index in [1.165, 1.54) is 27.0 Å². The molecule has 0 saturated carbocycles. The lowest BCUT2D eigenvalue weighted by Gasteiger charge is -2.34. The van der Waals surface area contributed by atoms with Crippen LogP contribution in [-0.4, -0.2) is 12.6 Å². The van der Waals surface area contributed by atoms with Crippen LogP contribution in [-0.2, 0) is 6.42 Å². The molecular weight excluding hydrogens is 467 g/mol. The van der Waals surface area contributed by atoms with Gasteiger partial charge in [-0.25, -0.2) is 0 Å². The number of nitrogens with one attached hydrogen (secondary N) is 1. The molecule has 0 aliphatic rings. The molecule has 1 N–H and O–H groups in total. The molecule has 4 rings (SSSR count). The van der Waals surface area contributed by atoms with Gasteiger partial charge in [-0.05, 0) is 17.9 Å². The number of hydrogen-bond donors (Lipinski definition) is 1. The molecule has 0 radical (unpaired) electrons. The fourth-order valence-electron chi connectivity index (χ4n) is 4.61. The molecule has 1 atom stereocenters. The van der Waals surface area contributed by atoms with Crippen molar-refractivity contribution < 1.29 is 0 Å². The van der Waals surface area contributed by atoms with Crippen LogP contribution in [0.2, 0.25) is 0 Å². The Bertz CT molecular complexity index is 1230. The summed E-state index contributed by atoms with van der Waals surface area (Å²) in [6.45, 7) is 14.1. The van der Waals surface area contributed by atoms with Crippen LogP contribution < -0.4 is 21.2 Å². The Labute approximate surface area is 223 Å². The SMILES string of the molecule is C=C(Cc1ccc(C)cc1)N[C@H](CN=P(c1ccccc1)(c1ccccc1)c1ccccc1)C(C)(C)C. The van der Waals surface area contributed by atoms with Gasteiger partial charge in [-0.2, -0.15) is 0 Å². The normalized spacial score (nSPS) is 12.5. The standard InChI is InChI=1S/C34H39N2P/c1-27-21-23-29(24-22-27)25-28(2)36-33(34(3,4)5)26-35-37(30-15-9-6-10-16-30,31-17-11-7-12-18-31)32-19-13-8-14-20-32/h6-24,33,36H,2,25-26H2,1,3-5H3/t33-/m1/s1. The van der Waals surface area contributed by atoms with Crippen molar-refractivity contribution in [3.63, 3.8) is 0 Å². The first-order valence-corrected chi connectivity index (χ1v) is 14.8. The van der Waals surface area contributed by atoms with Gasteiger partial charge >= 0.3 is 0 Å². The van der Waals surface area contributed by atoms with E-state index in [2.05, 4.69) is 155 Å². The van der Waals surface area contributed by atoms with Crippen molar-refractivity contribution in [2.45, 2.75) is 40.2 Å². The summed E-state index contributed by atoms with van der Waals surface area (Å²) in [5.41, 5.74) is 3.57. The van der Waals surface area contributed by atoms with E-state index in [0.717, 1.165) is 12.1 Å². The minimum atomic E-state index is -2.24. The average Bonchev–Trinajstić information content (AvgIpc) is 2.91. The summed E-state index contributed by atoms with van der Waals surface area (Å²) in [4.78, 5) is 0. The zero-order chi connectivity index (χ0) is 26.3. The van der Waals surface area contributed by atoms with Gasteiger partial charge in [0.1, 0.15) is 0 Å². The molecule has 0 fully saturated rings. The number of hydrogen-bond acceptors (Lipinski definition) is 2. The van der Waals surface area contributed by atoms with Gasteiger partial charge in [-0.15, -0.1) is 0 Å². The monoisotopic (exact) mass is 506 g/mol. The van der Waals surface area contributed by atoms with E-state index in [0.29, 0.717) is 6.54 Å². The van der Waals surface area contributed by atoms with E-state index < -0.39 is 7.05 Å². The Morgan fingerprint density at radius 3 is 1.57 bits per heavy atom. The summed E-state index contributed by atoms with van der Waals surface area (Å²) in [7, 11) is -2.24. The highest BCUT2D eigenvalue weighted by molar-refractivity contribution is 7.87. The molecule has 0 bridgehead atoms. The average molecular weight is 507 g/mol. The van der Waals surface area contributed by atoms with Crippen molar-refractivity contribution in [1.29, 1.82) is 0 Å². The molecule has 0 saturated heterocycles. The van der Waals surface area contributed by atoms with Crippen molar-refractivity contribution in [3.05, 3.63) is 139 Å². The van der Waals surface area contributed by atoms with Crippen LogP contribution in [0.4, 0.5) is 0 Å². The van der Waals surface area contributed by atoms with Gasteiger partial charge in [0.05, 0.1) is 19.6 Å². The van der Waals surface area contributed by atoms with Crippen LogP contribution in [0, 0.1) is 12.3 Å². The molecule has 0 amide bonds. The summed E-state index contributed by atoms with van der Waals surface area (Å²) >= 11 is 0. The maximum atomic E-state index is 5.71. The maximum absolute atomic E-state index is 5.71. The van der Waals surface area contributed by atoms with Gasteiger partial charge in [-0.3, -0.25) is 4.74 Å². The fraction of sp³-hybridized carbons (Fsp3) is 0.235. The van der Waals surface area contributed by atoms with Gasteiger partial charge < -0.3 is 5.32 Å². The number of aryl methyl sites for hydroxylation is 1. The van der Waals surface area contributed by atoms with Gasteiger partial charge in [-0.1, -0.05) is 148 Å². The molecule has 0 unspecified atom stereocenters. The summed E-state index contributed by atoms with van der Waals surface area (Å²) in [5, 5.41) is 7.61. The first-order chi connectivity index (χ1) is 17.8. The van der Waals surface area contributed by atoms with Gasteiger partial charge in [0, 0.05) is 28.0 Å². The summed E-state index contributed by atoms with van der Waals surface area (Å²) in [6, 6.07) is 41.4. The van der Waals surface area contributed by atoms with Gasteiger partial charge in [0.25, 0.3) is 0 Å². The minimum absolute atomic E-state index is 0.000556. The fourth-order valence-corrected chi connectivity index (χ4v) is 8.22. The van der Waals surface area contributed by atoms with Crippen molar-refractivity contribution in [1.82, 2.24) is 5.32 Å². The molecule has 190 valence electrons. The van der Waals surface area contributed by atoms with Crippen LogP contribution in [0.25, 0.3) is 0 Å². The van der Waals surface area contributed by atoms with Crippen LogP contribution >= 0.6 is 7.05 Å². The van der Waals surface area contributed by atoms with Crippen LogP contribution in [0.15, 0.2) is 132 Å². The zero-order valence-electron chi connectivity index (χ0n) is 22.6. The van der Waals surface area contributed by atoms with E-state index in [9.17, 15) is 0 Å². The first-order valence-electron chi connectivity index (χ1n) is 13.0. The molecule has 4 aromatic rings. The predicted molar refractivity (Wildman–Crippen MR) is 163 cm³/mol. The van der Waals surface area contributed by atoms with E-state index >= 15 is 0 Å². The van der Waals surface area contributed by atoms with Crippen LogP contribution in [0.3, 0.4) is 0 Å². The number of rotatable bonds is 9. The molecule has 0 spiro atoms. The highest BCUT2D eigenvalue weighted by Gasteiger charge is 2.30. The zero-order valence-corrected chi connectivity index (χ0v) is 23.5. The van der Waals surface area contributed by atoms with Gasteiger partial charge in [0.2, 0.25) is 0 Å². The van der Waals surface area contributed by atoms with Crippen LogP contribution in [0.1, 0.15) is 31.9 Å². The smallest absolute Gasteiger partial charge is 0.0592 e. The molecule has 4 aromatic carbocycles. The summed E-state index contributed by atoms with van der Waals surface area (Å²) in [6.07, 6.45) is 0.809. The number of nitrogens with zero attached hydrogens (tertiary/aromatic N) is 1. The Hall–Kier alpha value is -3.35. The molecule has 3 heteroatoms. The Morgan fingerprint density at radius 2 is 1.16 bits per heavy atom. The third-order valence-electron chi connectivity index (χ3n) is 6.83. The topological polar surface area (TPSA) is 24.4 Å². The predicted octanol–water partition coefficient (Wildman–Crippen LogP) is 7.23. The summed E-state index contributed by atoms with van der Waals surface area (Å²) in [5.74, 6) is 0. The van der Waals surface area contributed by atoms with Crippen molar-refractivity contribution >= 4 is 23.0 Å². The van der Waals surface area contributed by atoms with Gasteiger partial charge in [0.15, 0.2) is 0 Å². The third-order valence-corrected chi connectivity index (χ3v) is 10.6. The second-order valence-electron chi connectivity index (χ2n) is 10.8. The lowest BCUT2D eigenvalue weighted by Crippen LogP contribution is -2.42. The highest BCUT2D eigenvalue weighted by atomic mass is 31.2. The molecule has 0 aromatic heterocycles. The third kappa shape index (κ3) is 6.51. The minimum Gasteiger partial charge on any atom is -0.383 e. The lowest BCUT2D eigenvalue weighted by atomic mass is 9.86. The lowest BCUT2D eigenvalue weighted by molar-refractivity contribution is 0.290. The van der Waals surface area contributed by atoms with E-state index in [4.69, 9.17) is 4.74 Å². The van der Waals surface area contributed by atoms with E-state index in [1.54, 1.807) is 0 Å². The van der Waals surface area contributed by atoms with Crippen LogP contribution in [0.5, 0.6) is 0 Å². The van der Waals surface area contributed by atoms with Crippen molar-refractivity contribution in [3.8, 4) is 0 Å². The molecule has 0 heterocycles. The molecule has 2 nitrogen and oxygen atoms in total.